The van der Waals surface area contributed by atoms with Crippen LogP contribution >= 0.6 is 0 Å². The Morgan fingerprint density at radius 3 is 1.69 bits per heavy atom. The predicted octanol–water partition coefficient (Wildman–Crippen LogP) is 9.34. The van der Waals surface area contributed by atoms with Crippen molar-refractivity contribution in [1.29, 1.82) is 0 Å². The summed E-state index contributed by atoms with van der Waals surface area (Å²) >= 11 is 0. The Bertz CT molecular complexity index is 2300. The second-order valence-electron chi connectivity index (χ2n) is 11.0. The van der Waals surface area contributed by atoms with Gasteiger partial charge in [-0.2, -0.15) is 28.9 Å². The Labute approximate surface area is 281 Å². The predicted molar refractivity (Wildman–Crippen MR) is 185 cm³/mol. The van der Waals surface area contributed by atoms with E-state index in [1.54, 1.807) is 13.0 Å². The molecule has 0 aliphatic rings. The second kappa shape index (κ2) is 13.8. The molecule has 5 rings (SSSR count). The van der Waals surface area contributed by atoms with E-state index in [9.17, 15) is 23.4 Å². The van der Waals surface area contributed by atoms with Gasteiger partial charge in [0.25, 0.3) is 10.1 Å². The number of rotatable bonds is 9. The van der Waals surface area contributed by atoms with E-state index in [0.717, 1.165) is 22.3 Å². The van der Waals surface area contributed by atoms with Gasteiger partial charge >= 0.3 is 5.97 Å². The lowest BCUT2D eigenvalue weighted by Gasteiger charge is -2.10. The van der Waals surface area contributed by atoms with E-state index in [4.69, 9.17) is 16.0 Å². The molecule has 5 aromatic rings. The molecule has 0 heterocycles. The zero-order valence-corrected chi connectivity index (χ0v) is 27.2. The number of nitrogens with zero attached hydrogens (tertiary/aromatic N) is 6. The first kappa shape index (κ1) is 34.0. The van der Waals surface area contributed by atoms with Crippen molar-refractivity contribution in [3.8, 4) is 16.9 Å². The van der Waals surface area contributed by atoms with Crippen LogP contribution in [-0.4, -0.2) is 29.2 Å². The average molecular weight is 679 g/mol. The van der Waals surface area contributed by atoms with Crippen LogP contribution in [0.4, 0.5) is 45.5 Å². The number of azo groups is 3. The Morgan fingerprint density at radius 2 is 1.14 bits per heavy atom. The van der Waals surface area contributed by atoms with Crippen LogP contribution in [0, 0.1) is 20.8 Å². The van der Waals surface area contributed by atoms with Gasteiger partial charge in [-0.3, -0.25) is 4.55 Å². The smallest absolute Gasteiger partial charge is 0.339 e. The van der Waals surface area contributed by atoms with Crippen LogP contribution < -0.4 is 11.5 Å². The molecule has 248 valence electrons. The number of aromatic hydroxyl groups is 1. The van der Waals surface area contributed by atoms with Gasteiger partial charge in [0.05, 0.1) is 39.0 Å². The molecular formula is C34H30N8O6S. The van der Waals surface area contributed by atoms with Gasteiger partial charge in [-0.05, 0) is 121 Å². The Kier molecular flexibility index (Phi) is 9.59. The van der Waals surface area contributed by atoms with E-state index in [0.29, 0.717) is 34.0 Å². The summed E-state index contributed by atoms with van der Waals surface area (Å²) in [5, 5.41) is 44.4. The minimum atomic E-state index is -4.33. The summed E-state index contributed by atoms with van der Waals surface area (Å²) in [6.45, 7) is 5.55. The first-order valence-corrected chi connectivity index (χ1v) is 15.9. The number of nitrogen functional groups attached to an aromatic ring is 2. The van der Waals surface area contributed by atoms with Crippen LogP contribution in [0.5, 0.6) is 5.75 Å². The molecule has 0 fully saturated rings. The molecule has 5 aromatic carbocycles. The minimum absolute atomic E-state index is 0.153. The molecule has 14 nitrogen and oxygen atoms in total. The van der Waals surface area contributed by atoms with Crippen LogP contribution in [0.15, 0.2) is 121 Å². The molecule has 0 saturated carbocycles. The van der Waals surface area contributed by atoms with Crippen LogP contribution in [-0.2, 0) is 10.1 Å². The highest BCUT2D eigenvalue weighted by molar-refractivity contribution is 7.85. The molecule has 7 N–H and O–H groups in total. The molecule has 0 aromatic heterocycles. The maximum Gasteiger partial charge on any atom is 0.339 e. The van der Waals surface area contributed by atoms with Crippen molar-refractivity contribution < 1.29 is 28.0 Å². The van der Waals surface area contributed by atoms with E-state index in [2.05, 4.69) is 30.7 Å². The Hall–Kier alpha value is -6.32. The van der Waals surface area contributed by atoms with Gasteiger partial charge in [-0.1, -0.05) is 12.1 Å². The summed E-state index contributed by atoms with van der Waals surface area (Å²) in [5.41, 5.74) is 19.4. The topological polar surface area (TPSA) is 238 Å². The summed E-state index contributed by atoms with van der Waals surface area (Å²) in [6, 6.07) is 22.2. The number of carboxylic acid groups (broad SMARTS) is 1. The number of benzene rings is 5. The quantitative estimate of drug-likeness (QED) is 0.0570. The van der Waals surface area contributed by atoms with Crippen LogP contribution in [0.25, 0.3) is 11.1 Å². The molecule has 0 unspecified atom stereocenters. The molecule has 15 heteroatoms. The fourth-order valence-electron chi connectivity index (χ4n) is 4.67. The number of carboxylic acids is 1. The van der Waals surface area contributed by atoms with E-state index in [-0.39, 0.29) is 33.3 Å². The maximum atomic E-state index is 11.3. The number of hydrogen-bond donors (Lipinski definition) is 5. The highest BCUT2D eigenvalue weighted by Crippen LogP contribution is 2.41. The average Bonchev–Trinajstić information content (AvgIpc) is 3.06. The lowest BCUT2D eigenvalue weighted by Crippen LogP contribution is -1.96. The third-order valence-corrected chi connectivity index (χ3v) is 8.31. The van der Waals surface area contributed by atoms with Gasteiger partial charge in [0, 0.05) is 0 Å². The van der Waals surface area contributed by atoms with Gasteiger partial charge < -0.3 is 21.7 Å². The molecular weight excluding hydrogens is 648 g/mol. The van der Waals surface area contributed by atoms with Gasteiger partial charge in [-0.25, -0.2) is 4.79 Å². The zero-order chi connectivity index (χ0) is 35.5. The maximum absolute atomic E-state index is 11.3. The molecule has 0 aliphatic heterocycles. The highest BCUT2D eigenvalue weighted by Gasteiger charge is 2.14. The first-order chi connectivity index (χ1) is 23.2. The van der Waals surface area contributed by atoms with Gasteiger partial charge in [0.2, 0.25) is 0 Å². The first-order valence-electron chi connectivity index (χ1n) is 14.5. The van der Waals surface area contributed by atoms with E-state index < -0.39 is 16.1 Å². The molecule has 0 saturated heterocycles. The number of nitrogens with two attached hydrogens (primary N) is 2. The molecule has 0 amide bonds. The van der Waals surface area contributed by atoms with Gasteiger partial charge in [-0.15, -0.1) is 10.2 Å². The zero-order valence-electron chi connectivity index (χ0n) is 26.4. The molecule has 0 aliphatic carbocycles. The van der Waals surface area contributed by atoms with Crippen molar-refractivity contribution in [3.05, 3.63) is 107 Å². The number of carbonyl (C=O) groups is 1. The van der Waals surface area contributed by atoms with Crippen LogP contribution in [0.3, 0.4) is 0 Å². The summed E-state index contributed by atoms with van der Waals surface area (Å²) < 4.78 is 31.7. The number of aryl methyl sites for hydroxylation is 3. The largest absolute Gasteiger partial charge is 0.507 e. The monoisotopic (exact) mass is 678 g/mol. The molecule has 49 heavy (non-hydrogen) atoms. The molecule has 0 bridgehead atoms. The highest BCUT2D eigenvalue weighted by atomic mass is 32.2. The Balaban J connectivity index is 1.35. The fourth-order valence-corrected chi connectivity index (χ4v) is 5.15. The summed E-state index contributed by atoms with van der Waals surface area (Å²) in [6.07, 6.45) is 0. The molecule has 0 radical (unpaired) electrons. The lowest BCUT2D eigenvalue weighted by atomic mass is 10.0. The van der Waals surface area contributed by atoms with E-state index >= 15 is 0 Å². The number of anilines is 2. The minimum Gasteiger partial charge on any atom is -0.507 e. The third kappa shape index (κ3) is 7.81. The van der Waals surface area contributed by atoms with Crippen LogP contribution in [0.1, 0.15) is 27.0 Å². The standard InChI is InChI=1S/C34H30N8O6S/c1-18-14-21(4-11-27(18)39-38-24-8-13-30(43)26(17-24)34(44)45)22-5-12-28(19(2)15-22)40-42-33-31(35)20(3)16-29(32(33)36)41-37-23-6-9-25(10-7-23)49(46,47)48/h4-17,43H,35-36H2,1-3H3,(H,44,45)(H,46,47,48). The van der Waals surface area contributed by atoms with Crippen molar-refractivity contribution in [2.75, 3.05) is 11.5 Å². The van der Waals surface area contributed by atoms with Crippen molar-refractivity contribution in [2.45, 2.75) is 25.7 Å². The van der Waals surface area contributed by atoms with Crippen molar-refractivity contribution in [2.24, 2.45) is 30.7 Å². The Morgan fingerprint density at radius 1 is 0.612 bits per heavy atom. The van der Waals surface area contributed by atoms with Gasteiger partial charge in [0.15, 0.2) is 0 Å². The van der Waals surface area contributed by atoms with E-state index in [1.807, 2.05) is 50.2 Å². The second-order valence-corrected chi connectivity index (χ2v) is 12.4. The fraction of sp³-hybridized carbons (Fsp3) is 0.0882. The van der Waals surface area contributed by atoms with Crippen molar-refractivity contribution in [1.82, 2.24) is 0 Å². The number of hydrogen-bond acceptors (Lipinski definition) is 12. The normalized spacial score (nSPS) is 12.0. The summed E-state index contributed by atoms with van der Waals surface area (Å²) in [7, 11) is -4.33. The summed E-state index contributed by atoms with van der Waals surface area (Å²) in [5.74, 6) is -1.61. The van der Waals surface area contributed by atoms with Gasteiger partial charge in [0.1, 0.15) is 22.7 Å². The number of phenols is 1. The summed E-state index contributed by atoms with van der Waals surface area (Å²) in [4.78, 5) is 11.0. The van der Waals surface area contributed by atoms with Crippen molar-refractivity contribution in [3.63, 3.8) is 0 Å². The third-order valence-electron chi connectivity index (χ3n) is 7.44. The molecule has 0 atom stereocenters. The molecule has 0 spiro atoms. The van der Waals surface area contributed by atoms with Crippen LogP contribution in [0.2, 0.25) is 0 Å². The SMILES string of the molecule is Cc1cc(-c2ccc(N=Nc3c(N)c(C)cc(N=Nc4ccc(S(=O)(=O)O)cc4)c3N)c(C)c2)ccc1N=Nc1ccc(O)c(C(=O)O)c1. The lowest BCUT2D eigenvalue weighted by molar-refractivity contribution is 0.0693. The van der Waals surface area contributed by atoms with E-state index in [1.165, 1.54) is 42.5 Å². The van der Waals surface area contributed by atoms with Crippen molar-refractivity contribution >= 4 is 61.6 Å². The number of aromatic carboxylic acids is 1.